The van der Waals surface area contributed by atoms with Crippen LogP contribution in [0, 0.1) is 25.7 Å². The van der Waals surface area contributed by atoms with Crippen LogP contribution < -0.4 is 15.4 Å². The number of benzene rings is 1. The zero-order valence-electron chi connectivity index (χ0n) is 24.6. The van der Waals surface area contributed by atoms with Crippen LogP contribution in [0.5, 0.6) is 5.75 Å². The molecule has 39 heavy (non-hydrogen) atoms. The fraction of sp³-hybridized carbons (Fsp3) is 0.688. The summed E-state index contributed by atoms with van der Waals surface area (Å²) in [6.45, 7) is 6.14. The van der Waals surface area contributed by atoms with Gasteiger partial charge in [0, 0.05) is 49.1 Å². The van der Waals surface area contributed by atoms with Gasteiger partial charge in [0.25, 0.3) is 5.91 Å². The van der Waals surface area contributed by atoms with Gasteiger partial charge in [-0.2, -0.15) is 0 Å². The van der Waals surface area contributed by atoms with Crippen molar-refractivity contribution in [2.75, 3.05) is 27.3 Å². The molecular formula is C32H50N4O3. The molecule has 216 valence electrons. The van der Waals surface area contributed by atoms with E-state index >= 15 is 0 Å². The third kappa shape index (κ3) is 7.85. The number of piperidine rings is 1. The second-order valence-corrected chi connectivity index (χ2v) is 11.7. The highest BCUT2D eigenvalue weighted by Crippen LogP contribution is 2.35. The molecule has 2 heterocycles. The monoisotopic (exact) mass is 538 g/mol. The third-order valence-corrected chi connectivity index (χ3v) is 9.04. The van der Waals surface area contributed by atoms with Crippen molar-refractivity contribution in [2.45, 2.75) is 103 Å². The Labute approximate surface area is 235 Å². The molecule has 7 nitrogen and oxygen atoms in total. The molecule has 2 aliphatic rings. The zero-order valence-corrected chi connectivity index (χ0v) is 24.6. The molecule has 1 aliphatic carbocycles. The molecule has 2 N–H and O–H groups in total. The molecule has 0 bridgehead atoms. The first-order chi connectivity index (χ1) is 19.0. The fourth-order valence-corrected chi connectivity index (χ4v) is 6.96. The molecule has 1 aliphatic heterocycles. The first kappa shape index (κ1) is 29.6. The Morgan fingerprint density at radius 2 is 1.72 bits per heavy atom. The summed E-state index contributed by atoms with van der Waals surface area (Å²) in [5.41, 5.74) is 2.62. The van der Waals surface area contributed by atoms with E-state index in [4.69, 9.17) is 9.47 Å². The Balaban J connectivity index is 1.47. The van der Waals surface area contributed by atoms with Gasteiger partial charge in [-0.25, -0.2) is 4.98 Å². The maximum Gasteiger partial charge on any atom is 0.251 e. The van der Waals surface area contributed by atoms with Crippen LogP contribution in [0.25, 0.3) is 0 Å². The summed E-state index contributed by atoms with van der Waals surface area (Å²) in [5.74, 6) is 2.77. The average Bonchev–Trinajstić information content (AvgIpc) is 3.31. The lowest BCUT2D eigenvalue weighted by atomic mass is 9.73. The van der Waals surface area contributed by atoms with Crippen molar-refractivity contribution >= 4 is 5.91 Å². The first-order valence-electron chi connectivity index (χ1n) is 15.2. The topological polar surface area (TPSA) is 77.4 Å². The van der Waals surface area contributed by atoms with E-state index in [1.54, 1.807) is 13.3 Å². The number of methoxy groups -OCH3 is 2. The molecule has 3 atom stereocenters. The van der Waals surface area contributed by atoms with E-state index in [0.717, 1.165) is 35.7 Å². The molecule has 3 unspecified atom stereocenters. The average molecular weight is 539 g/mol. The van der Waals surface area contributed by atoms with E-state index in [2.05, 4.69) is 20.2 Å². The summed E-state index contributed by atoms with van der Waals surface area (Å²) in [5, 5.41) is 7.05. The molecule has 1 aromatic carbocycles. The maximum atomic E-state index is 13.5. The number of rotatable bonds is 8. The molecule has 0 spiro atoms. The Morgan fingerprint density at radius 3 is 2.33 bits per heavy atom. The van der Waals surface area contributed by atoms with E-state index in [1.165, 1.54) is 64.2 Å². The lowest BCUT2D eigenvalue weighted by Crippen LogP contribution is -2.56. The van der Waals surface area contributed by atoms with Crippen molar-refractivity contribution < 1.29 is 14.3 Å². The van der Waals surface area contributed by atoms with Crippen molar-refractivity contribution in [1.29, 1.82) is 0 Å². The Bertz CT molecular complexity index is 1040. The second kappa shape index (κ2) is 14.8. The van der Waals surface area contributed by atoms with Gasteiger partial charge >= 0.3 is 0 Å². The highest BCUT2D eigenvalue weighted by molar-refractivity contribution is 5.95. The summed E-state index contributed by atoms with van der Waals surface area (Å²) >= 11 is 0. The Morgan fingerprint density at radius 1 is 1.03 bits per heavy atom. The minimum absolute atomic E-state index is 0.0353. The number of aromatic nitrogens is 2. The van der Waals surface area contributed by atoms with Gasteiger partial charge in [-0.05, 0) is 50.4 Å². The van der Waals surface area contributed by atoms with Crippen LogP contribution in [0.4, 0.5) is 0 Å². The molecule has 4 rings (SSSR count). The predicted molar refractivity (Wildman–Crippen MR) is 156 cm³/mol. The number of carbonyl (C=O) groups is 1. The molecule has 1 amide bonds. The minimum Gasteiger partial charge on any atom is -0.496 e. The number of hydrogen-bond donors (Lipinski definition) is 2. The van der Waals surface area contributed by atoms with Crippen molar-refractivity contribution in [3.63, 3.8) is 0 Å². The smallest absolute Gasteiger partial charge is 0.251 e. The largest absolute Gasteiger partial charge is 0.496 e. The molecule has 2 aromatic rings. The normalized spacial score (nSPS) is 23.6. The van der Waals surface area contributed by atoms with Crippen LogP contribution in [0.3, 0.4) is 0 Å². The number of nitrogens with zero attached hydrogens (tertiary/aromatic N) is 2. The Kier molecular flexibility index (Phi) is 11.3. The van der Waals surface area contributed by atoms with Crippen LogP contribution in [0.1, 0.15) is 97.9 Å². The standard InChI is InChI=1S/C32H50N4O3/c1-23-19-26(20-27(31(23)39-4)22-36-18-17-33-24(36)2)32(37)35-21-28-30(29(38-3)15-16-34-28)25-13-11-9-7-5-6-8-10-12-14-25/h17-20,25,28-30,34H,5-16,21-22H2,1-4H3,(H,35,37). The summed E-state index contributed by atoms with van der Waals surface area (Å²) in [7, 11) is 3.56. The molecule has 7 heteroatoms. The van der Waals surface area contributed by atoms with Crippen LogP contribution >= 0.6 is 0 Å². The quantitative estimate of drug-likeness (QED) is 0.444. The van der Waals surface area contributed by atoms with E-state index in [-0.39, 0.29) is 18.1 Å². The third-order valence-electron chi connectivity index (χ3n) is 9.04. The van der Waals surface area contributed by atoms with Crippen molar-refractivity contribution in [1.82, 2.24) is 20.2 Å². The van der Waals surface area contributed by atoms with Crippen molar-refractivity contribution in [3.8, 4) is 5.75 Å². The maximum absolute atomic E-state index is 13.5. The van der Waals surface area contributed by atoms with Gasteiger partial charge in [-0.1, -0.05) is 64.2 Å². The van der Waals surface area contributed by atoms with Crippen LogP contribution in [0.2, 0.25) is 0 Å². The number of amides is 1. The second-order valence-electron chi connectivity index (χ2n) is 11.7. The van der Waals surface area contributed by atoms with E-state index in [9.17, 15) is 4.79 Å². The number of aryl methyl sites for hydroxylation is 2. The van der Waals surface area contributed by atoms with Gasteiger partial charge < -0.3 is 24.7 Å². The van der Waals surface area contributed by atoms with Crippen LogP contribution in [0.15, 0.2) is 24.5 Å². The highest BCUT2D eigenvalue weighted by atomic mass is 16.5. The van der Waals surface area contributed by atoms with Crippen molar-refractivity contribution in [2.24, 2.45) is 11.8 Å². The summed E-state index contributed by atoms with van der Waals surface area (Å²) in [6, 6.07) is 4.12. The van der Waals surface area contributed by atoms with Crippen LogP contribution in [-0.4, -0.2) is 54.9 Å². The zero-order chi connectivity index (χ0) is 27.6. The fourth-order valence-electron chi connectivity index (χ4n) is 6.96. The van der Waals surface area contributed by atoms with Gasteiger partial charge in [0.1, 0.15) is 11.6 Å². The summed E-state index contributed by atoms with van der Waals surface area (Å²) in [6.07, 6.45) is 18.4. The molecule has 1 saturated heterocycles. The van der Waals surface area contributed by atoms with Crippen molar-refractivity contribution in [3.05, 3.63) is 47.0 Å². The van der Waals surface area contributed by atoms with E-state index in [1.807, 2.05) is 39.3 Å². The summed E-state index contributed by atoms with van der Waals surface area (Å²) in [4.78, 5) is 17.8. The van der Waals surface area contributed by atoms with E-state index < -0.39 is 0 Å². The van der Waals surface area contributed by atoms with E-state index in [0.29, 0.717) is 30.5 Å². The number of nitrogens with one attached hydrogen (secondary N) is 2. The van der Waals surface area contributed by atoms with Crippen LogP contribution in [-0.2, 0) is 11.3 Å². The predicted octanol–water partition coefficient (Wildman–Crippen LogP) is 5.81. The Hall–Kier alpha value is -2.38. The molecule has 2 fully saturated rings. The number of hydrogen-bond acceptors (Lipinski definition) is 5. The lowest BCUT2D eigenvalue weighted by molar-refractivity contribution is -0.0197. The summed E-state index contributed by atoms with van der Waals surface area (Å²) < 4.78 is 13.9. The van der Waals surface area contributed by atoms with Gasteiger partial charge in [0.05, 0.1) is 19.8 Å². The lowest BCUT2D eigenvalue weighted by Gasteiger charge is -2.43. The van der Waals surface area contributed by atoms with Gasteiger partial charge in [-0.3, -0.25) is 4.79 Å². The minimum atomic E-state index is -0.0353. The number of carbonyl (C=O) groups excluding carboxylic acids is 1. The number of ether oxygens (including phenoxy) is 2. The molecule has 1 aromatic heterocycles. The number of imidazole rings is 1. The first-order valence-corrected chi connectivity index (χ1v) is 15.2. The van der Waals surface area contributed by atoms with Gasteiger partial charge in [-0.15, -0.1) is 0 Å². The molecular weight excluding hydrogens is 488 g/mol. The molecule has 0 radical (unpaired) electrons. The van der Waals surface area contributed by atoms with Gasteiger partial charge in [0.15, 0.2) is 0 Å². The SMILES string of the molecule is COc1c(C)cc(C(=O)NCC2NCCC(OC)C2C2CCCCCCCCCC2)cc1Cn1ccnc1C. The van der Waals surface area contributed by atoms with Gasteiger partial charge in [0.2, 0.25) is 0 Å². The molecule has 1 saturated carbocycles. The highest BCUT2D eigenvalue weighted by Gasteiger charge is 2.38.